The molecule has 0 aliphatic rings. The molecule has 0 saturated carbocycles. The summed E-state index contributed by atoms with van der Waals surface area (Å²) in [5.74, 6) is -4.09. The molecule has 0 aromatic rings. The Hall–Kier alpha value is -6.22. The van der Waals surface area contributed by atoms with Gasteiger partial charge >= 0.3 is 53.7 Å². The third-order valence-electron chi connectivity index (χ3n) is 9.40. The SMILES string of the molecule is C=C(C)C(=O)OCCO.C=C(C)C(=O)OCCOC.C=C(C)C(=O)OCCOC.C=C(C)C(=O)OCCOC.C=C(C)C(=O)OCCOC(=O)C(C)(C)CC(C)(CC(C)(CSCCOC(=O)C(=C)C)C(=O)OCCOC)C(=O)OCCO. The first kappa shape index (κ1) is 84.6. The van der Waals surface area contributed by atoms with Gasteiger partial charge in [0.1, 0.15) is 59.5 Å². The van der Waals surface area contributed by atoms with E-state index in [0.717, 1.165) is 0 Å². The van der Waals surface area contributed by atoms with E-state index in [9.17, 15) is 48.3 Å². The van der Waals surface area contributed by atoms with Crippen LogP contribution in [0.3, 0.4) is 0 Å². The zero-order chi connectivity index (χ0) is 64.5. The summed E-state index contributed by atoms with van der Waals surface area (Å²) < 4.78 is 63.6. The molecule has 2 unspecified atom stereocenters. The molecule has 24 nitrogen and oxygen atoms in total. The van der Waals surface area contributed by atoms with E-state index in [-0.39, 0.29) is 101 Å². The summed E-state index contributed by atoms with van der Waals surface area (Å²) in [7, 11) is 6.12. The Morgan fingerprint density at radius 3 is 0.902 bits per heavy atom. The minimum Gasteiger partial charge on any atom is -0.463 e. The fraction of sp³-hybridized carbons (Fsp3) is 0.632. The average Bonchev–Trinajstić information content (AvgIpc) is 3.40. The Balaban J connectivity index is -0.000000401. The van der Waals surface area contributed by atoms with Crippen LogP contribution < -0.4 is 0 Å². The first-order chi connectivity index (χ1) is 38.2. The first-order valence-electron chi connectivity index (χ1n) is 25.4. The molecule has 25 heteroatoms. The van der Waals surface area contributed by atoms with E-state index in [2.05, 4.69) is 72.6 Å². The maximum Gasteiger partial charge on any atom is 0.333 e. The molecule has 82 heavy (non-hydrogen) atoms. The number of thioether (sulfide) groups is 1. The van der Waals surface area contributed by atoms with Gasteiger partial charge in [-0.05, 0) is 82.1 Å². The summed E-state index contributed by atoms with van der Waals surface area (Å²) >= 11 is 1.32. The minimum absolute atomic E-state index is 0.00867. The first-order valence-corrected chi connectivity index (χ1v) is 26.6. The number of rotatable bonds is 37. The summed E-state index contributed by atoms with van der Waals surface area (Å²) in [6.07, 6.45) is -0.169. The predicted molar refractivity (Wildman–Crippen MR) is 306 cm³/mol. The third kappa shape index (κ3) is 46.4. The van der Waals surface area contributed by atoms with Crippen LogP contribution in [0.4, 0.5) is 0 Å². The van der Waals surface area contributed by atoms with Crippen molar-refractivity contribution in [1.29, 1.82) is 0 Å². The second kappa shape index (κ2) is 50.5. The van der Waals surface area contributed by atoms with Crippen LogP contribution >= 0.6 is 11.8 Å². The molecule has 0 heterocycles. The van der Waals surface area contributed by atoms with Crippen molar-refractivity contribution in [2.45, 2.75) is 82.1 Å². The maximum absolute atomic E-state index is 13.4. The Labute approximate surface area is 489 Å². The number of hydrogen-bond acceptors (Lipinski definition) is 25. The van der Waals surface area contributed by atoms with Gasteiger partial charge in [-0.15, -0.1) is 0 Å². The molecule has 0 aromatic heterocycles. The number of hydrogen-bond donors (Lipinski definition) is 2. The van der Waals surface area contributed by atoms with Crippen LogP contribution in [0.15, 0.2) is 72.9 Å². The van der Waals surface area contributed by atoms with Crippen molar-refractivity contribution in [2.75, 3.05) is 139 Å². The normalized spacial score (nSPS) is 11.6. The fourth-order valence-corrected chi connectivity index (χ4v) is 6.50. The lowest BCUT2D eigenvalue weighted by molar-refractivity contribution is -0.169. The molecule has 0 aliphatic carbocycles. The highest BCUT2D eigenvalue weighted by molar-refractivity contribution is 7.99. The Morgan fingerprint density at radius 2 is 0.585 bits per heavy atom. The van der Waals surface area contributed by atoms with Crippen molar-refractivity contribution in [3.05, 3.63) is 72.9 Å². The second-order valence-electron chi connectivity index (χ2n) is 18.7. The van der Waals surface area contributed by atoms with Crippen molar-refractivity contribution < 1.29 is 115 Å². The highest BCUT2D eigenvalue weighted by atomic mass is 32.2. The van der Waals surface area contributed by atoms with Crippen molar-refractivity contribution in [1.82, 2.24) is 0 Å². The Kier molecular flexibility index (Phi) is 52.1. The van der Waals surface area contributed by atoms with Gasteiger partial charge in [0.05, 0.1) is 55.9 Å². The molecule has 2 N–H and O–H groups in total. The topological polar surface area (TPSA) is 314 Å². The van der Waals surface area contributed by atoms with Gasteiger partial charge in [-0.2, -0.15) is 11.8 Å². The molecule has 0 bridgehead atoms. The van der Waals surface area contributed by atoms with Gasteiger partial charge in [0.2, 0.25) is 0 Å². The van der Waals surface area contributed by atoms with Crippen LogP contribution in [0.2, 0.25) is 0 Å². The van der Waals surface area contributed by atoms with Gasteiger partial charge < -0.3 is 71.8 Å². The Morgan fingerprint density at radius 1 is 0.341 bits per heavy atom. The molecule has 472 valence electrons. The molecule has 0 aromatic carbocycles. The van der Waals surface area contributed by atoms with E-state index >= 15 is 0 Å². The largest absolute Gasteiger partial charge is 0.463 e. The van der Waals surface area contributed by atoms with E-state index in [0.29, 0.717) is 67.7 Å². The summed E-state index contributed by atoms with van der Waals surface area (Å²) in [6.45, 7) is 37.7. The van der Waals surface area contributed by atoms with Crippen molar-refractivity contribution in [2.24, 2.45) is 16.2 Å². The number of carbonyl (C=O) groups is 9. The number of methoxy groups -OCH3 is 4. The predicted octanol–water partition coefficient (Wildman–Crippen LogP) is 5.40. The fourth-order valence-electron chi connectivity index (χ4n) is 5.49. The third-order valence-corrected chi connectivity index (χ3v) is 10.7. The highest BCUT2D eigenvalue weighted by Gasteiger charge is 2.50. The van der Waals surface area contributed by atoms with Crippen LogP contribution in [-0.2, 0) is 105 Å². The van der Waals surface area contributed by atoms with E-state index < -0.39 is 58.7 Å². The number of aliphatic hydroxyl groups is 2. The molecule has 0 aliphatic heterocycles. The van der Waals surface area contributed by atoms with Crippen LogP contribution in [-0.4, -0.2) is 203 Å². The standard InChI is InChI=1S/C30H48O12S.3C7H12O3.C6H10O3/c1-21(2)23(32)38-14-15-41-25(34)28(5,6)18-29(7,26(35)40-11-10-31)19-30(8,27(36)42-13-12-37-9)20-43-17-16-39-24(33)22(3)4;3*1-6(2)7(8)10-5-4-9-3;1-5(2)6(8)9-4-3-7/h31H,1,3,10-20H2,2,4-9H3;3*1,4-5H2,2-3H3;7H,1,3-4H2,2H3. The van der Waals surface area contributed by atoms with Gasteiger partial charge in [-0.25, -0.2) is 28.8 Å². The van der Waals surface area contributed by atoms with Gasteiger partial charge in [0.25, 0.3) is 0 Å². The average molecular weight is 1200 g/mol. The molecule has 0 fully saturated rings. The van der Waals surface area contributed by atoms with Gasteiger partial charge in [-0.1, -0.05) is 39.5 Å². The molecule has 0 rings (SSSR count). The van der Waals surface area contributed by atoms with Crippen LogP contribution in [0.5, 0.6) is 0 Å². The van der Waals surface area contributed by atoms with Crippen LogP contribution in [0, 0.1) is 16.2 Å². The lowest BCUT2D eigenvalue weighted by Gasteiger charge is -2.39. The summed E-state index contributed by atoms with van der Waals surface area (Å²) in [4.78, 5) is 105. The van der Waals surface area contributed by atoms with E-state index in [1.165, 1.54) is 32.7 Å². The molecule has 0 radical (unpaired) electrons. The lowest BCUT2D eigenvalue weighted by Crippen LogP contribution is -2.45. The minimum atomic E-state index is -1.41. The molecular weight excluding hydrogens is 1100 g/mol. The maximum atomic E-state index is 13.4. The van der Waals surface area contributed by atoms with Crippen LogP contribution in [0.25, 0.3) is 0 Å². The quantitative estimate of drug-likeness (QED) is 0.0340. The van der Waals surface area contributed by atoms with Gasteiger partial charge in [-0.3, -0.25) is 14.4 Å². The van der Waals surface area contributed by atoms with Gasteiger partial charge in [0.15, 0.2) is 0 Å². The van der Waals surface area contributed by atoms with Crippen LogP contribution in [0.1, 0.15) is 82.1 Å². The summed E-state index contributed by atoms with van der Waals surface area (Å²) in [6, 6.07) is 0. The smallest absolute Gasteiger partial charge is 0.333 e. The monoisotopic (exact) mass is 1190 g/mol. The molecule has 2 atom stereocenters. The number of esters is 9. The Bertz CT molecular complexity index is 1950. The van der Waals surface area contributed by atoms with E-state index in [4.69, 9.17) is 33.5 Å². The zero-order valence-electron chi connectivity index (χ0n) is 51.0. The number of ether oxygens (including phenoxy) is 13. The summed E-state index contributed by atoms with van der Waals surface area (Å²) in [5.41, 5.74) is -1.84. The second-order valence-corrected chi connectivity index (χ2v) is 19.8. The molecule has 0 saturated heterocycles. The van der Waals surface area contributed by atoms with Crippen molar-refractivity contribution >= 4 is 65.5 Å². The van der Waals surface area contributed by atoms with Gasteiger partial charge in [0, 0.05) is 73.4 Å². The molecular formula is C57H94O24S. The van der Waals surface area contributed by atoms with E-state index in [1.807, 2.05) is 0 Å². The summed E-state index contributed by atoms with van der Waals surface area (Å²) in [5, 5.41) is 17.4. The van der Waals surface area contributed by atoms with E-state index in [1.54, 1.807) is 76.7 Å². The lowest BCUT2D eigenvalue weighted by atomic mass is 9.66. The zero-order valence-corrected chi connectivity index (χ0v) is 51.8. The number of carbonyl (C=O) groups excluding carboxylic acids is 9. The molecule has 0 amide bonds. The highest BCUT2D eigenvalue weighted by Crippen LogP contribution is 2.45. The van der Waals surface area contributed by atoms with Crippen molar-refractivity contribution in [3.63, 3.8) is 0 Å². The molecule has 0 spiro atoms. The van der Waals surface area contributed by atoms with Crippen molar-refractivity contribution in [3.8, 4) is 0 Å². The number of aliphatic hydroxyl groups excluding tert-OH is 2.